The van der Waals surface area contributed by atoms with Crippen molar-refractivity contribution in [2.75, 3.05) is 0 Å². The van der Waals surface area contributed by atoms with E-state index in [1.807, 2.05) is 25.3 Å². The Bertz CT molecular complexity index is 771. The van der Waals surface area contributed by atoms with Crippen molar-refractivity contribution in [3.63, 3.8) is 0 Å². The van der Waals surface area contributed by atoms with Crippen LogP contribution in [0.25, 0.3) is 0 Å². The zero-order valence-electron chi connectivity index (χ0n) is 13.7. The summed E-state index contributed by atoms with van der Waals surface area (Å²) in [4.78, 5) is 26.8. The van der Waals surface area contributed by atoms with Crippen LogP contribution >= 0.6 is 11.8 Å². The van der Waals surface area contributed by atoms with E-state index in [1.54, 1.807) is 12.1 Å². The average molecular weight is 349 g/mol. The number of benzene rings is 1. The van der Waals surface area contributed by atoms with E-state index in [4.69, 9.17) is 5.11 Å². The molecule has 0 bridgehead atoms. The fourth-order valence-corrected chi connectivity index (χ4v) is 3.63. The third-order valence-electron chi connectivity index (χ3n) is 3.44. The molecule has 2 aromatic rings. The molecule has 0 aliphatic carbocycles. The fourth-order valence-electron chi connectivity index (χ4n) is 2.35. The summed E-state index contributed by atoms with van der Waals surface area (Å²) in [6, 6.07) is 6.39. The van der Waals surface area contributed by atoms with Gasteiger partial charge in [0.15, 0.2) is 0 Å². The molecule has 1 N–H and O–H groups in total. The highest BCUT2D eigenvalue weighted by molar-refractivity contribution is 7.99. The second kappa shape index (κ2) is 7.48. The molecule has 24 heavy (non-hydrogen) atoms. The van der Waals surface area contributed by atoms with Crippen molar-refractivity contribution in [3.8, 4) is 0 Å². The Morgan fingerprint density at radius 1 is 1.46 bits per heavy atom. The Hall–Kier alpha value is -2.35. The Morgan fingerprint density at radius 3 is 2.71 bits per heavy atom. The van der Waals surface area contributed by atoms with Crippen molar-refractivity contribution in [1.29, 1.82) is 0 Å². The van der Waals surface area contributed by atoms with Crippen molar-refractivity contribution in [3.05, 3.63) is 45.9 Å². The van der Waals surface area contributed by atoms with Crippen molar-refractivity contribution in [1.82, 2.24) is 9.55 Å². The van der Waals surface area contributed by atoms with E-state index in [2.05, 4.69) is 4.98 Å². The summed E-state index contributed by atoms with van der Waals surface area (Å²) >= 11 is 1.38. The van der Waals surface area contributed by atoms with Crippen LogP contribution in [0.5, 0.6) is 0 Å². The lowest BCUT2D eigenvalue weighted by Gasteiger charge is -2.10. The summed E-state index contributed by atoms with van der Waals surface area (Å²) in [6.45, 7) is 6.49. The SMILES string of the molecule is CCn1c(CC(=O)O)nc(C(C)C)c1Sc1cccc([N+](=O)[O-])c1. The summed E-state index contributed by atoms with van der Waals surface area (Å²) in [6.07, 6.45) is -0.150. The van der Waals surface area contributed by atoms with Gasteiger partial charge in [-0.2, -0.15) is 0 Å². The number of aliphatic carboxylic acids is 1. The number of non-ortho nitro benzene ring substituents is 1. The number of rotatable bonds is 7. The highest BCUT2D eigenvalue weighted by Gasteiger charge is 2.21. The summed E-state index contributed by atoms with van der Waals surface area (Å²) < 4.78 is 1.87. The molecule has 8 heteroatoms. The Kier molecular flexibility index (Phi) is 5.61. The van der Waals surface area contributed by atoms with Gasteiger partial charge in [0.25, 0.3) is 5.69 Å². The number of aromatic nitrogens is 2. The summed E-state index contributed by atoms with van der Waals surface area (Å²) in [5.41, 5.74) is 0.837. The number of nitro groups is 1. The van der Waals surface area contributed by atoms with Crippen LogP contribution in [0.1, 0.15) is 38.2 Å². The number of carbonyl (C=O) groups is 1. The minimum atomic E-state index is -0.933. The van der Waals surface area contributed by atoms with Gasteiger partial charge in [0, 0.05) is 23.6 Å². The largest absolute Gasteiger partial charge is 0.481 e. The van der Waals surface area contributed by atoms with Gasteiger partial charge in [-0.05, 0) is 18.9 Å². The normalized spacial score (nSPS) is 11.0. The third-order valence-corrected chi connectivity index (χ3v) is 4.55. The fraction of sp³-hybridized carbons (Fsp3) is 0.375. The van der Waals surface area contributed by atoms with Gasteiger partial charge in [0.1, 0.15) is 17.3 Å². The molecular weight excluding hydrogens is 330 g/mol. The maximum atomic E-state index is 11.1. The van der Waals surface area contributed by atoms with E-state index in [0.717, 1.165) is 15.6 Å². The van der Waals surface area contributed by atoms with Gasteiger partial charge in [0.2, 0.25) is 0 Å². The van der Waals surface area contributed by atoms with Crippen LogP contribution in [-0.4, -0.2) is 25.6 Å². The van der Waals surface area contributed by atoms with Crippen LogP contribution in [0, 0.1) is 10.1 Å². The smallest absolute Gasteiger partial charge is 0.311 e. The first-order valence-corrected chi connectivity index (χ1v) is 8.38. The van der Waals surface area contributed by atoms with Gasteiger partial charge in [0.05, 0.1) is 10.6 Å². The molecular formula is C16H19N3O4S. The van der Waals surface area contributed by atoms with Gasteiger partial charge < -0.3 is 9.67 Å². The predicted octanol–water partition coefficient (Wildman–Crippen LogP) is 3.71. The molecule has 7 nitrogen and oxygen atoms in total. The molecule has 128 valence electrons. The van der Waals surface area contributed by atoms with Gasteiger partial charge >= 0.3 is 5.97 Å². The van der Waals surface area contributed by atoms with Crippen LogP contribution in [0.2, 0.25) is 0 Å². The molecule has 2 rings (SSSR count). The van der Waals surface area contributed by atoms with Crippen molar-refractivity contribution < 1.29 is 14.8 Å². The van der Waals surface area contributed by atoms with E-state index in [0.29, 0.717) is 12.4 Å². The molecule has 1 aromatic carbocycles. The highest BCUT2D eigenvalue weighted by atomic mass is 32.2. The molecule has 1 aromatic heterocycles. The Labute approximate surface area is 143 Å². The Balaban J connectivity index is 2.47. The number of carboxylic acid groups (broad SMARTS) is 1. The number of imidazole rings is 1. The van der Waals surface area contributed by atoms with Gasteiger partial charge in [-0.1, -0.05) is 31.7 Å². The zero-order valence-corrected chi connectivity index (χ0v) is 14.5. The summed E-state index contributed by atoms with van der Waals surface area (Å²) in [5, 5.41) is 20.9. The van der Waals surface area contributed by atoms with Crippen molar-refractivity contribution in [2.24, 2.45) is 0 Å². The van der Waals surface area contributed by atoms with E-state index >= 15 is 0 Å². The summed E-state index contributed by atoms with van der Waals surface area (Å²) in [5.74, 6) is -0.315. The topological polar surface area (TPSA) is 98.3 Å². The first kappa shape index (κ1) is 18.0. The number of nitrogens with zero attached hydrogens (tertiary/aromatic N) is 3. The van der Waals surface area contributed by atoms with E-state index in [-0.39, 0.29) is 18.0 Å². The number of hydrogen-bond acceptors (Lipinski definition) is 5. The summed E-state index contributed by atoms with van der Waals surface area (Å²) in [7, 11) is 0. The first-order valence-electron chi connectivity index (χ1n) is 7.56. The van der Waals surface area contributed by atoms with Gasteiger partial charge in [-0.25, -0.2) is 4.98 Å². The molecule has 0 radical (unpaired) electrons. The molecule has 0 saturated carbocycles. The number of carboxylic acids is 1. The van der Waals surface area contributed by atoms with E-state index < -0.39 is 10.9 Å². The quantitative estimate of drug-likeness (QED) is 0.604. The lowest BCUT2D eigenvalue weighted by molar-refractivity contribution is -0.385. The average Bonchev–Trinajstić information content (AvgIpc) is 2.84. The maximum Gasteiger partial charge on any atom is 0.311 e. The van der Waals surface area contributed by atoms with Crippen LogP contribution < -0.4 is 0 Å². The monoisotopic (exact) mass is 349 g/mol. The molecule has 0 atom stereocenters. The lowest BCUT2D eigenvalue weighted by atomic mass is 10.1. The van der Waals surface area contributed by atoms with E-state index in [1.165, 1.54) is 23.9 Å². The Morgan fingerprint density at radius 2 is 2.17 bits per heavy atom. The number of hydrogen-bond donors (Lipinski definition) is 1. The molecule has 1 heterocycles. The van der Waals surface area contributed by atoms with Crippen molar-refractivity contribution >= 4 is 23.4 Å². The lowest BCUT2D eigenvalue weighted by Crippen LogP contribution is -2.09. The van der Waals surface area contributed by atoms with Crippen LogP contribution in [-0.2, 0) is 17.8 Å². The standard InChI is InChI=1S/C16H19N3O4S/c1-4-18-13(9-14(20)21)17-15(10(2)3)16(18)24-12-7-5-6-11(8-12)19(22)23/h5-8,10H,4,9H2,1-3H3,(H,20,21). The second-order valence-corrected chi connectivity index (χ2v) is 6.61. The molecule has 0 fully saturated rings. The van der Waals surface area contributed by atoms with Crippen LogP contribution in [0.3, 0.4) is 0 Å². The molecule has 0 amide bonds. The first-order chi connectivity index (χ1) is 11.3. The van der Waals surface area contributed by atoms with Gasteiger partial charge in [-0.15, -0.1) is 0 Å². The molecule has 0 saturated heterocycles. The third kappa shape index (κ3) is 3.94. The molecule has 0 spiro atoms. The minimum absolute atomic E-state index is 0.0272. The van der Waals surface area contributed by atoms with Crippen LogP contribution in [0.15, 0.2) is 34.2 Å². The molecule has 0 unspecified atom stereocenters. The van der Waals surface area contributed by atoms with Gasteiger partial charge in [-0.3, -0.25) is 14.9 Å². The van der Waals surface area contributed by atoms with Crippen molar-refractivity contribution in [2.45, 2.75) is 49.6 Å². The second-order valence-electron chi connectivity index (χ2n) is 5.54. The number of nitro benzene ring substituents is 1. The molecule has 0 aliphatic heterocycles. The zero-order chi connectivity index (χ0) is 17.9. The van der Waals surface area contributed by atoms with E-state index in [9.17, 15) is 14.9 Å². The highest BCUT2D eigenvalue weighted by Crippen LogP contribution is 2.36. The predicted molar refractivity (Wildman–Crippen MR) is 90.5 cm³/mol. The maximum absolute atomic E-state index is 11.1. The molecule has 0 aliphatic rings. The minimum Gasteiger partial charge on any atom is -0.481 e. The van der Waals surface area contributed by atoms with Crippen LogP contribution in [0.4, 0.5) is 5.69 Å².